The van der Waals surface area contributed by atoms with Crippen LogP contribution in [0.5, 0.6) is 0 Å². The predicted molar refractivity (Wildman–Crippen MR) is 117 cm³/mol. The molecule has 0 aliphatic carbocycles. The van der Waals surface area contributed by atoms with E-state index < -0.39 is 0 Å². The number of nitrogens with zero attached hydrogens (tertiary/aromatic N) is 3. The third kappa shape index (κ3) is 3.84. The SMILES string of the molecule is CCC1=Nc2cc(C(=O)N3CCN(CC)CC3)ccc2Sc2ccc(Cl)cc21. The maximum absolute atomic E-state index is 13.0. The van der Waals surface area contributed by atoms with E-state index >= 15 is 0 Å². The average Bonchev–Trinajstić information content (AvgIpc) is 2.88. The minimum absolute atomic E-state index is 0.0987. The van der Waals surface area contributed by atoms with E-state index in [1.165, 1.54) is 0 Å². The Morgan fingerprint density at radius 2 is 1.82 bits per heavy atom. The molecule has 2 heterocycles. The van der Waals surface area contributed by atoms with Gasteiger partial charge in [0.2, 0.25) is 0 Å². The fraction of sp³-hybridized carbons (Fsp3) is 0.364. The minimum atomic E-state index is 0.0987. The number of likely N-dealkylation sites (N-methyl/N-ethyl adjacent to an activating group) is 1. The van der Waals surface area contributed by atoms with Gasteiger partial charge in [-0.05, 0) is 49.4 Å². The first-order valence-electron chi connectivity index (χ1n) is 9.80. The number of aliphatic imine (C=N–C) groups is 1. The predicted octanol–water partition coefficient (Wildman–Crippen LogP) is 5.11. The van der Waals surface area contributed by atoms with Crippen LogP contribution in [0.4, 0.5) is 5.69 Å². The quantitative estimate of drug-likeness (QED) is 0.701. The summed E-state index contributed by atoms with van der Waals surface area (Å²) in [5, 5.41) is 0.716. The molecule has 0 unspecified atom stereocenters. The van der Waals surface area contributed by atoms with Gasteiger partial charge in [-0.15, -0.1) is 0 Å². The van der Waals surface area contributed by atoms with Crippen molar-refractivity contribution in [2.45, 2.75) is 30.1 Å². The van der Waals surface area contributed by atoms with Gasteiger partial charge in [-0.1, -0.05) is 37.2 Å². The van der Waals surface area contributed by atoms with Gasteiger partial charge < -0.3 is 9.80 Å². The first-order chi connectivity index (χ1) is 13.6. The maximum atomic E-state index is 13.0. The molecular formula is C22H24ClN3OS. The Bertz CT molecular complexity index is 935. The van der Waals surface area contributed by atoms with Crippen molar-refractivity contribution in [3.63, 3.8) is 0 Å². The molecule has 2 aromatic rings. The first kappa shape index (κ1) is 19.5. The number of carbonyl (C=O) groups excluding carboxylic acids is 1. The fourth-order valence-corrected chi connectivity index (χ4v) is 4.86. The molecule has 1 amide bonds. The van der Waals surface area contributed by atoms with Crippen molar-refractivity contribution in [2.24, 2.45) is 4.99 Å². The van der Waals surface area contributed by atoms with Crippen molar-refractivity contribution in [1.29, 1.82) is 0 Å². The van der Waals surface area contributed by atoms with Gasteiger partial charge in [-0.25, -0.2) is 0 Å². The van der Waals surface area contributed by atoms with Crippen LogP contribution in [-0.2, 0) is 0 Å². The van der Waals surface area contributed by atoms with E-state index in [9.17, 15) is 4.79 Å². The molecule has 6 heteroatoms. The molecule has 1 fully saturated rings. The molecule has 4 rings (SSSR count). The van der Waals surface area contributed by atoms with Gasteiger partial charge in [0.15, 0.2) is 0 Å². The molecule has 146 valence electrons. The number of benzene rings is 2. The summed E-state index contributed by atoms with van der Waals surface area (Å²) in [6.45, 7) is 8.75. The van der Waals surface area contributed by atoms with Crippen molar-refractivity contribution in [3.05, 3.63) is 52.5 Å². The van der Waals surface area contributed by atoms with Crippen LogP contribution in [0.3, 0.4) is 0 Å². The van der Waals surface area contributed by atoms with Crippen molar-refractivity contribution in [1.82, 2.24) is 9.80 Å². The van der Waals surface area contributed by atoms with E-state index in [1.807, 2.05) is 35.2 Å². The fourth-order valence-electron chi connectivity index (χ4n) is 3.68. The lowest BCUT2D eigenvalue weighted by molar-refractivity contribution is 0.0643. The first-order valence-corrected chi connectivity index (χ1v) is 11.0. The molecule has 2 aliphatic rings. The standard InChI is InChI=1S/C22H24ClN3OS/c1-3-18-17-14-16(23)6-8-20(17)28-21-7-5-15(13-19(21)24-18)22(27)26-11-9-25(4-2)10-12-26/h5-8,13-14H,3-4,9-12H2,1-2H3. The van der Waals surface area contributed by atoms with Gasteiger partial charge in [0.1, 0.15) is 0 Å². The molecule has 2 aromatic carbocycles. The summed E-state index contributed by atoms with van der Waals surface area (Å²) in [5.41, 5.74) is 3.67. The summed E-state index contributed by atoms with van der Waals surface area (Å²) in [6.07, 6.45) is 0.810. The molecule has 0 spiro atoms. The highest BCUT2D eigenvalue weighted by Crippen LogP contribution is 2.42. The van der Waals surface area contributed by atoms with E-state index in [0.29, 0.717) is 10.6 Å². The number of carbonyl (C=O) groups is 1. The second-order valence-corrected chi connectivity index (χ2v) is 8.58. The van der Waals surface area contributed by atoms with Gasteiger partial charge in [0, 0.05) is 57.8 Å². The Balaban J connectivity index is 1.64. The molecule has 0 atom stereocenters. The molecule has 0 aromatic heterocycles. The minimum Gasteiger partial charge on any atom is -0.336 e. The number of halogens is 1. The highest BCUT2D eigenvalue weighted by Gasteiger charge is 2.23. The van der Waals surface area contributed by atoms with Crippen LogP contribution in [0.1, 0.15) is 36.2 Å². The normalized spacial score (nSPS) is 16.8. The van der Waals surface area contributed by atoms with Crippen LogP contribution < -0.4 is 0 Å². The van der Waals surface area contributed by atoms with Crippen LogP contribution in [0.25, 0.3) is 0 Å². The van der Waals surface area contributed by atoms with Crippen molar-refractivity contribution in [3.8, 4) is 0 Å². The number of fused-ring (bicyclic) bond motifs is 2. The van der Waals surface area contributed by atoms with Crippen LogP contribution in [0, 0.1) is 0 Å². The third-order valence-electron chi connectivity index (χ3n) is 5.38. The molecule has 4 nitrogen and oxygen atoms in total. The number of amides is 1. The molecule has 0 N–H and O–H groups in total. The second-order valence-electron chi connectivity index (χ2n) is 7.06. The summed E-state index contributed by atoms with van der Waals surface area (Å²) in [7, 11) is 0. The summed E-state index contributed by atoms with van der Waals surface area (Å²) in [5.74, 6) is 0.0987. The Morgan fingerprint density at radius 1 is 1.07 bits per heavy atom. The highest BCUT2D eigenvalue weighted by atomic mass is 35.5. The molecule has 1 saturated heterocycles. The van der Waals surface area contributed by atoms with E-state index in [0.717, 1.165) is 65.9 Å². The maximum Gasteiger partial charge on any atom is 0.254 e. The van der Waals surface area contributed by atoms with E-state index in [2.05, 4.69) is 24.8 Å². The summed E-state index contributed by atoms with van der Waals surface area (Å²) in [6, 6.07) is 11.9. The summed E-state index contributed by atoms with van der Waals surface area (Å²) < 4.78 is 0. The average molecular weight is 414 g/mol. The third-order valence-corrected chi connectivity index (χ3v) is 6.75. The monoisotopic (exact) mass is 413 g/mol. The Kier molecular flexibility index (Phi) is 5.76. The smallest absolute Gasteiger partial charge is 0.254 e. The Hall–Kier alpha value is -1.82. The number of hydrogen-bond donors (Lipinski definition) is 0. The lowest BCUT2D eigenvalue weighted by Crippen LogP contribution is -2.48. The van der Waals surface area contributed by atoms with Gasteiger partial charge in [0.05, 0.1) is 5.69 Å². The van der Waals surface area contributed by atoms with Gasteiger partial charge in [0.25, 0.3) is 5.91 Å². The van der Waals surface area contributed by atoms with Crippen molar-refractivity contribution >= 4 is 40.7 Å². The topological polar surface area (TPSA) is 35.9 Å². The van der Waals surface area contributed by atoms with Gasteiger partial charge in [-0.3, -0.25) is 9.79 Å². The number of hydrogen-bond acceptors (Lipinski definition) is 4. The van der Waals surface area contributed by atoms with Crippen molar-refractivity contribution in [2.75, 3.05) is 32.7 Å². The van der Waals surface area contributed by atoms with Crippen LogP contribution >= 0.6 is 23.4 Å². The Morgan fingerprint density at radius 3 is 2.54 bits per heavy atom. The Labute approximate surface area is 175 Å². The second kappa shape index (κ2) is 8.27. The number of piperazine rings is 1. The molecule has 0 bridgehead atoms. The number of rotatable bonds is 3. The summed E-state index contributed by atoms with van der Waals surface area (Å²) in [4.78, 5) is 24.5. The van der Waals surface area contributed by atoms with Crippen LogP contribution in [0.15, 0.2) is 51.2 Å². The lowest BCUT2D eigenvalue weighted by Gasteiger charge is -2.34. The molecular weight excluding hydrogens is 390 g/mol. The van der Waals surface area contributed by atoms with E-state index in [4.69, 9.17) is 16.6 Å². The zero-order valence-electron chi connectivity index (χ0n) is 16.2. The van der Waals surface area contributed by atoms with Crippen molar-refractivity contribution < 1.29 is 4.79 Å². The largest absolute Gasteiger partial charge is 0.336 e. The molecule has 0 saturated carbocycles. The van der Waals surface area contributed by atoms with Crippen LogP contribution in [-0.4, -0.2) is 54.1 Å². The molecule has 0 radical (unpaired) electrons. The molecule has 2 aliphatic heterocycles. The molecule has 28 heavy (non-hydrogen) atoms. The van der Waals surface area contributed by atoms with Gasteiger partial charge in [-0.2, -0.15) is 0 Å². The lowest BCUT2D eigenvalue weighted by atomic mass is 10.1. The van der Waals surface area contributed by atoms with Gasteiger partial charge >= 0.3 is 0 Å². The highest BCUT2D eigenvalue weighted by molar-refractivity contribution is 7.99. The zero-order chi connectivity index (χ0) is 19.7. The zero-order valence-corrected chi connectivity index (χ0v) is 17.8. The summed E-state index contributed by atoms with van der Waals surface area (Å²) >= 11 is 7.90. The van der Waals surface area contributed by atoms with E-state index in [1.54, 1.807) is 11.8 Å². The van der Waals surface area contributed by atoms with Crippen LogP contribution in [0.2, 0.25) is 5.02 Å². The van der Waals surface area contributed by atoms with E-state index in [-0.39, 0.29) is 5.91 Å².